The Bertz CT molecular complexity index is 348. The van der Waals surface area contributed by atoms with Crippen LogP contribution >= 0.6 is 0 Å². The zero-order valence-electron chi connectivity index (χ0n) is 8.63. The molecule has 76 valence electrons. The molecule has 3 atom stereocenters. The average Bonchev–Trinajstić information content (AvgIpc) is 2.86. The van der Waals surface area contributed by atoms with Crippen LogP contribution in [0.25, 0.3) is 0 Å². The smallest absolute Gasteiger partial charge is 0.127 e. The normalized spacial score (nSPS) is 27.4. The first kappa shape index (κ1) is 9.66. The third-order valence-electron chi connectivity index (χ3n) is 3.14. The molecule has 14 heavy (non-hydrogen) atoms. The van der Waals surface area contributed by atoms with Crippen LogP contribution in [0.1, 0.15) is 30.5 Å². The van der Waals surface area contributed by atoms with E-state index in [0.717, 1.165) is 12.0 Å². The van der Waals surface area contributed by atoms with Crippen molar-refractivity contribution in [1.29, 1.82) is 0 Å². The summed E-state index contributed by atoms with van der Waals surface area (Å²) in [6.07, 6.45) is 1.13. The Hall–Kier alpha value is -0.890. The van der Waals surface area contributed by atoms with Crippen molar-refractivity contribution in [2.24, 2.45) is 17.6 Å². The third-order valence-corrected chi connectivity index (χ3v) is 3.14. The van der Waals surface area contributed by atoms with Crippen molar-refractivity contribution in [2.75, 3.05) is 0 Å². The fourth-order valence-electron chi connectivity index (χ4n) is 2.00. The molecule has 1 saturated carbocycles. The lowest BCUT2D eigenvalue weighted by atomic mass is 10.00. The van der Waals surface area contributed by atoms with Crippen LogP contribution < -0.4 is 5.73 Å². The Balaban J connectivity index is 2.26. The minimum absolute atomic E-state index is 0.120. The minimum atomic E-state index is -0.165. The van der Waals surface area contributed by atoms with Gasteiger partial charge in [0.1, 0.15) is 5.82 Å². The molecule has 1 nitrogen and oxygen atoms in total. The number of benzene rings is 1. The lowest BCUT2D eigenvalue weighted by molar-refractivity contribution is 0.536. The highest BCUT2D eigenvalue weighted by atomic mass is 19.1. The third kappa shape index (κ3) is 1.67. The van der Waals surface area contributed by atoms with E-state index in [0.29, 0.717) is 17.4 Å². The van der Waals surface area contributed by atoms with Crippen LogP contribution in [0, 0.1) is 24.6 Å². The summed E-state index contributed by atoms with van der Waals surface area (Å²) in [6.45, 7) is 4.13. The summed E-state index contributed by atoms with van der Waals surface area (Å²) in [5, 5.41) is 0. The van der Waals surface area contributed by atoms with Gasteiger partial charge in [0.25, 0.3) is 0 Å². The van der Waals surface area contributed by atoms with Crippen molar-refractivity contribution in [3.8, 4) is 0 Å². The molecule has 2 heteroatoms. The van der Waals surface area contributed by atoms with Crippen molar-refractivity contribution in [3.63, 3.8) is 0 Å². The van der Waals surface area contributed by atoms with Gasteiger partial charge in [0.2, 0.25) is 0 Å². The molecule has 0 aromatic heterocycles. The fraction of sp³-hybridized carbons (Fsp3) is 0.500. The quantitative estimate of drug-likeness (QED) is 0.768. The Labute approximate surface area is 84.1 Å². The summed E-state index contributed by atoms with van der Waals surface area (Å²) in [7, 11) is 0. The summed E-state index contributed by atoms with van der Waals surface area (Å²) in [5.41, 5.74) is 7.77. The van der Waals surface area contributed by atoms with Gasteiger partial charge in [0.05, 0.1) is 0 Å². The van der Waals surface area contributed by atoms with Gasteiger partial charge in [0, 0.05) is 11.6 Å². The Morgan fingerprint density at radius 2 is 2.14 bits per heavy atom. The first-order valence-electron chi connectivity index (χ1n) is 5.11. The van der Waals surface area contributed by atoms with Crippen molar-refractivity contribution >= 4 is 0 Å². The molecule has 0 spiro atoms. The maximum atomic E-state index is 13.5. The van der Waals surface area contributed by atoms with Gasteiger partial charge in [-0.25, -0.2) is 4.39 Å². The predicted octanol–water partition coefficient (Wildman–Crippen LogP) is 2.79. The SMILES string of the molecule is Cc1ccc(F)c(C(N)C2CC2C)c1. The Morgan fingerprint density at radius 3 is 2.71 bits per heavy atom. The molecular formula is C12H16FN. The van der Waals surface area contributed by atoms with Gasteiger partial charge >= 0.3 is 0 Å². The molecule has 0 radical (unpaired) electrons. The van der Waals surface area contributed by atoms with E-state index in [2.05, 4.69) is 6.92 Å². The van der Waals surface area contributed by atoms with Crippen molar-refractivity contribution in [1.82, 2.24) is 0 Å². The largest absolute Gasteiger partial charge is 0.324 e. The van der Waals surface area contributed by atoms with Gasteiger partial charge in [-0.15, -0.1) is 0 Å². The average molecular weight is 193 g/mol. The highest BCUT2D eigenvalue weighted by molar-refractivity contribution is 5.28. The molecule has 2 rings (SSSR count). The second-order valence-electron chi connectivity index (χ2n) is 4.43. The molecule has 0 aliphatic heterocycles. The van der Waals surface area contributed by atoms with Gasteiger partial charge in [-0.05, 0) is 31.2 Å². The van der Waals surface area contributed by atoms with Crippen LogP contribution in [-0.2, 0) is 0 Å². The van der Waals surface area contributed by atoms with E-state index < -0.39 is 0 Å². The number of nitrogens with two attached hydrogens (primary N) is 1. The van der Waals surface area contributed by atoms with Crippen LogP contribution in [0.4, 0.5) is 4.39 Å². The minimum Gasteiger partial charge on any atom is -0.324 e. The van der Waals surface area contributed by atoms with Crippen LogP contribution in [-0.4, -0.2) is 0 Å². The molecule has 1 fully saturated rings. The van der Waals surface area contributed by atoms with Gasteiger partial charge in [-0.3, -0.25) is 0 Å². The number of rotatable bonds is 2. The van der Waals surface area contributed by atoms with Gasteiger partial charge in [-0.2, -0.15) is 0 Å². The van der Waals surface area contributed by atoms with E-state index in [1.165, 1.54) is 6.07 Å². The summed E-state index contributed by atoms with van der Waals surface area (Å²) in [4.78, 5) is 0. The highest BCUT2D eigenvalue weighted by Gasteiger charge is 2.39. The second-order valence-corrected chi connectivity index (χ2v) is 4.43. The van der Waals surface area contributed by atoms with Crippen LogP contribution in [0.15, 0.2) is 18.2 Å². The van der Waals surface area contributed by atoms with Crippen molar-refractivity contribution in [2.45, 2.75) is 26.3 Å². The lowest BCUT2D eigenvalue weighted by Crippen LogP contribution is -2.15. The molecule has 0 heterocycles. The maximum Gasteiger partial charge on any atom is 0.127 e. The summed E-state index contributed by atoms with van der Waals surface area (Å²) in [5.74, 6) is 0.971. The predicted molar refractivity (Wildman–Crippen MR) is 55.3 cm³/mol. The number of hydrogen-bond acceptors (Lipinski definition) is 1. The lowest BCUT2D eigenvalue weighted by Gasteiger charge is -2.13. The van der Waals surface area contributed by atoms with E-state index in [9.17, 15) is 4.39 Å². The van der Waals surface area contributed by atoms with Crippen LogP contribution in [0.2, 0.25) is 0 Å². The Morgan fingerprint density at radius 1 is 1.50 bits per heavy atom. The second kappa shape index (κ2) is 3.35. The maximum absolute atomic E-state index is 13.5. The van der Waals surface area contributed by atoms with Crippen LogP contribution in [0.5, 0.6) is 0 Å². The van der Waals surface area contributed by atoms with Crippen molar-refractivity contribution in [3.05, 3.63) is 35.1 Å². The molecule has 3 unspecified atom stereocenters. The molecule has 1 aliphatic carbocycles. The van der Waals surface area contributed by atoms with E-state index in [1.807, 2.05) is 13.0 Å². The number of hydrogen-bond donors (Lipinski definition) is 1. The molecule has 1 aromatic rings. The van der Waals surface area contributed by atoms with E-state index >= 15 is 0 Å². The van der Waals surface area contributed by atoms with E-state index in [1.54, 1.807) is 6.07 Å². The van der Waals surface area contributed by atoms with E-state index in [-0.39, 0.29) is 11.9 Å². The molecule has 2 N–H and O–H groups in total. The first-order chi connectivity index (χ1) is 6.59. The standard InChI is InChI=1S/C12H16FN/c1-7-3-4-11(13)10(5-7)12(14)9-6-8(9)2/h3-5,8-9,12H,6,14H2,1-2H3. The van der Waals surface area contributed by atoms with Crippen LogP contribution in [0.3, 0.4) is 0 Å². The summed E-state index contributed by atoms with van der Waals surface area (Å²) in [6, 6.07) is 5.04. The molecule has 0 bridgehead atoms. The summed E-state index contributed by atoms with van der Waals surface area (Å²) < 4.78 is 13.5. The van der Waals surface area contributed by atoms with Gasteiger partial charge < -0.3 is 5.73 Å². The Kier molecular flexibility index (Phi) is 2.31. The molecule has 1 aliphatic rings. The van der Waals surface area contributed by atoms with Gasteiger partial charge in [0.15, 0.2) is 0 Å². The van der Waals surface area contributed by atoms with Crippen molar-refractivity contribution < 1.29 is 4.39 Å². The first-order valence-corrected chi connectivity index (χ1v) is 5.11. The number of halogens is 1. The molecule has 0 amide bonds. The fourth-order valence-corrected chi connectivity index (χ4v) is 2.00. The monoisotopic (exact) mass is 193 g/mol. The molecule has 1 aromatic carbocycles. The number of aryl methyl sites for hydroxylation is 1. The molecular weight excluding hydrogens is 177 g/mol. The topological polar surface area (TPSA) is 26.0 Å². The highest BCUT2D eigenvalue weighted by Crippen LogP contribution is 2.46. The van der Waals surface area contributed by atoms with Gasteiger partial charge in [-0.1, -0.05) is 24.6 Å². The molecule has 0 saturated heterocycles. The zero-order valence-corrected chi connectivity index (χ0v) is 8.63. The summed E-state index contributed by atoms with van der Waals surface area (Å²) >= 11 is 0. The zero-order chi connectivity index (χ0) is 10.3. The van der Waals surface area contributed by atoms with E-state index in [4.69, 9.17) is 5.73 Å².